The van der Waals surface area contributed by atoms with Crippen molar-refractivity contribution in [1.29, 1.82) is 0 Å². The van der Waals surface area contributed by atoms with Crippen LogP contribution in [-0.2, 0) is 10.0 Å². The van der Waals surface area contributed by atoms with Crippen LogP contribution in [-0.4, -0.2) is 64.6 Å². The number of hydrogen-bond donors (Lipinski definition) is 3. The van der Waals surface area contributed by atoms with Crippen LogP contribution >= 0.6 is 11.6 Å². The Balaban J connectivity index is 1.82. The second kappa shape index (κ2) is 11.6. The summed E-state index contributed by atoms with van der Waals surface area (Å²) < 4.78 is 27.2. The van der Waals surface area contributed by atoms with Gasteiger partial charge >= 0.3 is 0 Å². The molecule has 0 radical (unpaired) electrons. The van der Waals surface area contributed by atoms with Gasteiger partial charge in [0.2, 0.25) is 10.0 Å². The van der Waals surface area contributed by atoms with E-state index in [1.54, 1.807) is 12.1 Å². The number of nitrogens with zero attached hydrogens (tertiary/aromatic N) is 2. The number of nitrogens with one attached hydrogen (secondary N) is 3. The van der Waals surface area contributed by atoms with E-state index in [1.165, 1.54) is 18.6 Å². The van der Waals surface area contributed by atoms with Crippen LogP contribution in [0.15, 0.2) is 34.2 Å². The minimum atomic E-state index is -3.58. The molecule has 158 valence electrons. The van der Waals surface area contributed by atoms with Crippen molar-refractivity contribution in [2.45, 2.75) is 44.0 Å². The maximum absolute atomic E-state index is 12.3. The summed E-state index contributed by atoms with van der Waals surface area (Å²) >= 11 is 5.87. The normalized spacial score (nSPS) is 16.9. The zero-order valence-electron chi connectivity index (χ0n) is 16.7. The molecule has 1 fully saturated rings. The Morgan fingerprint density at radius 1 is 1.29 bits per heavy atom. The molecule has 0 atom stereocenters. The zero-order valence-corrected chi connectivity index (χ0v) is 18.3. The van der Waals surface area contributed by atoms with Gasteiger partial charge in [-0.25, -0.2) is 13.1 Å². The highest BCUT2D eigenvalue weighted by Gasteiger charge is 2.19. The predicted octanol–water partition coefficient (Wildman–Crippen LogP) is 2.05. The topological polar surface area (TPSA) is 85.8 Å². The molecule has 1 aromatic carbocycles. The number of likely N-dealkylation sites (tertiary alicyclic amines) is 1. The minimum absolute atomic E-state index is 0.160. The summed E-state index contributed by atoms with van der Waals surface area (Å²) in [6, 6.07) is 6.62. The van der Waals surface area contributed by atoms with Crippen LogP contribution < -0.4 is 15.4 Å². The van der Waals surface area contributed by atoms with Crippen LogP contribution in [0.25, 0.3) is 0 Å². The minimum Gasteiger partial charge on any atom is -0.357 e. The van der Waals surface area contributed by atoms with E-state index in [9.17, 15) is 8.42 Å². The highest BCUT2D eigenvalue weighted by molar-refractivity contribution is 7.89. The highest BCUT2D eigenvalue weighted by atomic mass is 35.5. The molecule has 1 heterocycles. The molecule has 0 unspecified atom stereocenters. The number of halogens is 1. The Hall–Kier alpha value is -1.35. The van der Waals surface area contributed by atoms with Gasteiger partial charge < -0.3 is 15.5 Å². The van der Waals surface area contributed by atoms with E-state index in [1.807, 2.05) is 6.92 Å². The first-order chi connectivity index (χ1) is 13.4. The van der Waals surface area contributed by atoms with Gasteiger partial charge in [0.25, 0.3) is 0 Å². The Morgan fingerprint density at radius 2 is 2.04 bits per heavy atom. The quantitative estimate of drug-likeness (QED) is 0.318. The van der Waals surface area contributed by atoms with E-state index in [0.29, 0.717) is 17.6 Å². The number of sulfonamides is 1. The van der Waals surface area contributed by atoms with E-state index in [2.05, 4.69) is 32.2 Å². The summed E-state index contributed by atoms with van der Waals surface area (Å²) in [6.07, 6.45) is 3.37. The molecule has 1 saturated heterocycles. The first-order valence-corrected chi connectivity index (χ1v) is 11.8. The van der Waals surface area contributed by atoms with Crippen molar-refractivity contribution >= 4 is 27.6 Å². The Morgan fingerprint density at radius 3 is 2.68 bits per heavy atom. The van der Waals surface area contributed by atoms with Gasteiger partial charge in [0, 0.05) is 37.2 Å². The molecule has 9 heteroatoms. The number of rotatable bonds is 9. The Kier molecular flexibility index (Phi) is 9.50. The smallest absolute Gasteiger partial charge is 0.240 e. The van der Waals surface area contributed by atoms with Gasteiger partial charge in [-0.05, 0) is 50.9 Å². The van der Waals surface area contributed by atoms with Gasteiger partial charge in [0.1, 0.15) is 0 Å². The molecule has 7 nitrogen and oxygen atoms in total. The van der Waals surface area contributed by atoms with Crippen LogP contribution in [0.5, 0.6) is 0 Å². The highest BCUT2D eigenvalue weighted by Crippen LogP contribution is 2.15. The first-order valence-electron chi connectivity index (χ1n) is 9.97. The number of hydrogen-bond acceptors (Lipinski definition) is 4. The molecule has 1 aromatic rings. The van der Waals surface area contributed by atoms with Crippen molar-refractivity contribution in [3.05, 3.63) is 29.3 Å². The van der Waals surface area contributed by atoms with Gasteiger partial charge in [-0.2, -0.15) is 0 Å². The fourth-order valence-electron chi connectivity index (χ4n) is 3.20. The monoisotopic (exact) mass is 429 g/mol. The van der Waals surface area contributed by atoms with E-state index < -0.39 is 10.0 Å². The third-order valence-electron chi connectivity index (χ3n) is 4.59. The third-order valence-corrected chi connectivity index (χ3v) is 6.29. The van der Waals surface area contributed by atoms with E-state index in [4.69, 9.17) is 11.6 Å². The molecular formula is C19H32ClN5O2S. The van der Waals surface area contributed by atoms with Crippen LogP contribution in [0.1, 0.15) is 33.1 Å². The molecule has 28 heavy (non-hydrogen) atoms. The standard InChI is InChI=1S/C19H32ClN5O2S/c1-3-12-25-13-8-17(9-14-25)24-19(21-4-2)22-10-11-23-28(26,27)18-7-5-6-16(20)15-18/h5-7,15,17,23H,3-4,8-14H2,1-2H3,(H2,21,22,24). The van der Waals surface area contributed by atoms with Gasteiger partial charge in [0.05, 0.1) is 11.4 Å². The molecular weight excluding hydrogens is 398 g/mol. The molecule has 3 N–H and O–H groups in total. The summed E-state index contributed by atoms with van der Waals surface area (Å²) in [5.74, 6) is 0.735. The lowest BCUT2D eigenvalue weighted by Gasteiger charge is -2.32. The molecule has 0 aliphatic carbocycles. The maximum Gasteiger partial charge on any atom is 0.240 e. The summed E-state index contributed by atoms with van der Waals surface area (Å²) in [5, 5.41) is 7.10. The fraction of sp³-hybridized carbons (Fsp3) is 0.632. The van der Waals surface area contributed by atoms with Crippen molar-refractivity contribution in [1.82, 2.24) is 20.3 Å². The lowest BCUT2D eigenvalue weighted by Crippen LogP contribution is -2.49. The van der Waals surface area contributed by atoms with Crippen LogP contribution in [0.4, 0.5) is 0 Å². The summed E-state index contributed by atoms with van der Waals surface area (Å²) in [4.78, 5) is 7.16. The summed E-state index contributed by atoms with van der Waals surface area (Å²) in [7, 11) is -3.58. The lowest BCUT2D eigenvalue weighted by atomic mass is 10.1. The largest absolute Gasteiger partial charge is 0.357 e. The first kappa shape index (κ1) is 22.9. The van der Waals surface area contributed by atoms with Crippen molar-refractivity contribution in [2.24, 2.45) is 4.99 Å². The molecule has 0 bridgehead atoms. The number of aliphatic imine (C=N–C) groups is 1. The number of benzene rings is 1. The second-order valence-corrected chi connectivity index (χ2v) is 9.08. The average Bonchev–Trinajstić information content (AvgIpc) is 2.67. The van der Waals surface area contributed by atoms with Gasteiger partial charge in [0.15, 0.2) is 5.96 Å². The average molecular weight is 430 g/mol. The summed E-state index contributed by atoms with van der Waals surface area (Å²) in [5.41, 5.74) is 0. The molecule has 0 spiro atoms. The molecule has 1 aliphatic rings. The van der Waals surface area contributed by atoms with E-state index >= 15 is 0 Å². The molecule has 0 saturated carbocycles. The maximum atomic E-state index is 12.3. The third kappa shape index (κ3) is 7.58. The SMILES string of the molecule is CCCN1CCC(NC(=NCCNS(=O)(=O)c2cccc(Cl)c2)NCC)CC1. The fourth-order valence-corrected chi connectivity index (χ4v) is 4.52. The van der Waals surface area contributed by atoms with Crippen LogP contribution in [0.2, 0.25) is 5.02 Å². The van der Waals surface area contributed by atoms with E-state index in [-0.39, 0.29) is 11.4 Å². The number of guanidine groups is 1. The molecule has 0 amide bonds. The Bertz CT molecular complexity index is 734. The molecule has 2 rings (SSSR count). The summed E-state index contributed by atoms with van der Waals surface area (Å²) in [6.45, 7) is 8.92. The second-order valence-electron chi connectivity index (χ2n) is 6.88. The van der Waals surface area contributed by atoms with Crippen molar-refractivity contribution in [2.75, 3.05) is 39.3 Å². The van der Waals surface area contributed by atoms with Crippen LogP contribution in [0.3, 0.4) is 0 Å². The zero-order chi connectivity index (χ0) is 20.4. The lowest BCUT2D eigenvalue weighted by molar-refractivity contribution is 0.206. The molecule has 1 aliphatic heterocycles. The van der Waals surface area contributed by atoms with Crippen molar-refractivity contribution < 1.29 is 8.42 Å². The van der Waals surface area contributed by atoms with E-state index in [0.717, 1.165) is 45.0 Å². The van der Waals surface area contributed by atoms with Gasteiger partial charge in [-0.3, -0.25) is 4.99 Å². The van der Waals surface area contributed by atoms with Crippen molar-refractivity contribution in [3.8, 4) is 0 Å². The van der Waals surface area contributed by atoms with Gasteiger partial charge in [-0.1, -0.05) is 24.6 Å². The van der Waals surface area contributed by atoms with Gasteiger partial charge in [-0.15, -0.1) is 0 Å². The molecule has 0 aromatic heterocycles. The number of piperidine rings is 1. The Labute approximate surface area is 174 Å². The predicted molar refractivity (Wildman–Crippen MR) is 116 cm³/mol. The van der Waals surface area contributed by atoms with Crippen molar-refractivity contribution in [3.63, 3.8) is 0 Å². The van der Waals surface area contributed by atoms with Crippen LogP contribution in [0, 0.1) is 0 Å².